The number of hydrogen-bond donors (Lipinski definition) is 1. The molecule has 1 aliphatic heterocycles. The molecule has 0 radical (unpaired) electrons. The van der Waals surface area contributed by atoms with E-state index in [9.17, 15) is 0 Å². The molecule has 0 saturated carbocycles. The Labute approximate surface area is 109 Å². The van der Waals surface area contributed by atoms with Crippen molar-refractivity contribution >= 4 is 24.1 Å². The van der Waals surface area contributed by atoms with Crippen LogP contribution in [0.3, 0.4) is 0 Å². The third-order valence-corrected chi connectivity index (χ3v) is 2.61. The van der Waals surface area contributed by atoms with E-state index in [1.807, 2.05) is 0 Å². The molecule has 0 fully saturated rings. The third-order valence-electron chi connectivity index (χ3n) is 2.61. The summed E-state index contributed by atoms with van der Waals surface area (Å²) < 4.78 is 5.29. The minimum atomic E-state index is 0. The van der Waals surface area contributed by atoms with Gasteiger partial charge in [-0.05, 0) is 30.5 Å². The number of ether oxygens (including phenoxy) is 1. The normalized spacial score (nSPS) is 13.6. The fourth-order valence-corrected chi connectivity index (χ4v) is 1.67. The van der Waals surface area contributed by atoms with Crippen LogP contribution in [0.2, 0.25) is 0 Å². The highest BCUT2D eigenvalue weighted by Gasteiger charge is 2.06. The summed E-state index contributed by atoms with van der Waals surface area (Å²) >= 11 is 0. The molecule has 0 saturated heterocycles. The lowest BCUT2D eigenvalue weighted by Gasteiger charge is -2.06. The number of anilines is 1. The van der Waals surface area contributed by atoms with Crippen molar-refractivity contribution in [3.63, 3.8) is 0 Å². The molecule has 17 heavy (non-hydrogen) atoms. The standard InChI is InChI=1S/C13H18N2O.ClH/c1-2-3-4-11-5-7-12(8-6-11)15-13-14-9-10-16-13;/h5-8H,2-4,9-10H2,1H3,(H,14,15);1H. The molecule has 0 bridgehead atoms. The molecule has 1 aliphatic rings. The van der Waals surface area contributed by atoms with Gasteiger partial charge in [0.2, 0.25) is 0 Å². The van der Waals surface area contributed by atoms with Crippen LogP contribution in [0.5, 0.6) is 0 Å². The largest absolute Gasteiger partial charge is 0.463 e. The predicted octanol–water partition coefficient (Wildman–Crippen LogP) is 3.25. The monoisotopic (exact) mass is 254 g/mol. The van der Waals surface area contributed by atoms with E-state index in [4.69, 9.17) is 4.74 Å². The molecule has 0 aliphatic carbocycles. The maximum absolute atomic E-state index is 5.29. The fraction of sp³-hybridized carbons (Fsp3) is 0.462. The number of aliphatic imine (C=N–C) groups is 1. The first-order valence-electron chi connectivity index (χ1n) is 5.91. The van der Waals surface area contributed by atoms with Gasteiger partial charge in [0.05, 0.1) is 6.54 Å². The second kappa shape index (κ2) is 7.17. The molecular weight excluding hydrogens is 236 g/mol. The predicted molar refractivity (Wildman–Crippen MR) is 74.2 cm³/mol. The number of hydrogen-bond acceptors (Lipinski definition) is 3. The molecular formula is C13H19ClN2O. The van der Waals surface area contributed by atoms with Crippen LogP contribution in [0.25, 0.3) is 0 Å². The Balaban J connectivity index is 0.00000144. The first-order chi connectivity index (χ1) is 7.88. The minimum absolute atomic E-state index is 0. The topological polar surface area (TPSA) is 33.6 Å². The fourth-order valence-electron chi connectivity index (χ4n) is 1.67. The number of unbranched alkanes of at least 4 members (excludes halogenated alkanes) is 1. The van der Waals surface area contributed by atoms with Crippen LogP contribution in [0.15, 0.2) is 29.3 Å². The van der Waals surface area contributed by atoms with Crippen LogP contribution in [0.4, 0.5) is 5.69 Å². The summed E-state index contributed by atoms with van der Waals surface area (Å²) in [6, 6.07) is 9.12. The van der Waals surface area contributed by atoms with Crippen molar-refractivity contribution in [2.75, 3.05) is 18.5 Å². The van der Waals surface area contributed by atoms with E-state index in [2.05, 4.69) is 41.5 Å². The van der Waals surface area contributed by atoms with Crippen molar-refractivity contribution in [3.8, 4) is 0 Å². The van der Waals surface area contributed by atoms with Crippen molar-refractivity contribution in [2.24, 2.45) is 4.99 Å². The van der Waals surface area contributed by atoms with Gasteiger partial charge in [-0.1, -0.05) is 25.5 Å². The maximum Gasteiger partial charge on any atom is 0.289 e. The number of nitrogens with one attached hydrogen (secondary N) is 1. The summed E-state index contributed by atoms with van der Waals surface area (Å²) in [7, 11) is 0. The van der Waals surface area contributed by atoms with Gasteiger partial charge < -0.3 is 10.1 Å². The van der Waals surface area contributed by atoms with Crippen LogP contribution in [-0.4, -0.2) is 19.2 Å². The zero-order valence-electron chi connectivity index (χ0n) is 10.1. The van der Waals surface area contributed by atoms with E-state index in [0.717, 1.165) is 18.7 Å². The molecule has 4 heteroatoms. The molecule has 0 aromatic heterocycles. The molecule has 2 rings (SSSR count). The summed E-state index contributed by atoms with van der Waals surface area (Å²) in [5.74, 6) is 0. The van der Waals surface area contributed by atoms with E-state index in [-0.39, 0.29) is 12.4 Å². The van der Waals surface area contributed by atoms with Crippen molar-refractivity contribution in [3.05, 3.63) is 29.8 Å². The summed E-state index contributed by atoms with van der Waals surface area (Å²) in [6.45, 7) is 3.67. The Morgan fingerprint density at radius 1 is 1.29 bits per heavy atom. The van der Waals surface area contributed by atoms with E-state index in [1.54, 1.807) is 0 Å². The van der Waals surface area contributed by atoms with Gasteiger partial charge in [-0.3, -0.25) is 0 Å². The second-order valence-electron chi connectivity index (χ2n) is 3.96. The Morgan fingerprint density at radius 3 is 2.65 bits per heavy atom. The molecule has 1 aromatic carbocycles. The Hall–Kier alpha value is -1.22. The molecule has 0 amide bonds. The maximum atomic E-state index is 5.29. The van der Waals surface area contributed by atoms with E-state index < -0.39 is 0 Å². The van der Waals surface area contributed by atoms with E-state index in [0.29, 0.717) is 12.6 Å². The number of amidine groups is 1. The van der Waals surface area contributed by atoms with E-state index in [1.165, 1.54) is 18.4 Å². The molecule has 1 N–H and O–H groups in total. The van der Waals surface area contributed by atoms with Crippen molar-refractivity contribution in [2.45, 2.75) is 26.2 Å². The van der Waals surface area contributed by atoms with Crippen molar-refractivity contribution in [1.82, 2.24) is 0 Å². The van der Waals surface area contributed by atoms with Crippen LogP contribution in [-0.2, 0) is 11.2 Å². The molecule has 1 heterocycles. The smallest absolute Gasteiger partial charge is 0.289 e. The second-order valence-corrected chi connectivity index (χ2v) is 3.96. The van der Waals surface area contributed by atoms with Crippen LogP contribution < -0.4 is 5.32 Å². The van der Waals surface area contributed by atoms with Gasteiger partial charge in [-0.25, -0.2) is 4.99 Å². The van der Waals surface area contributed by atoms with Crippen molar-refractivity contribution in [1.29, 1.82) is 0 Å². The number of benzene rings is 1. The zero-order chi connectivity index (χ0) is 11.2. The van der Waals surface area contributed by atoms with E-state index >= 15 is 0 Å². The average Bonchev–Trinajstić information content (AvgIpc) is 2.81. The van der Waals surface area contributed by atoms with Gasteiger partial charge in [0.15, 0.2) is 0 Å². The molecule has 94 valence electrons. The number of rotatable bonds is 4. The van der Waals surface area contributed by atoms with Gasteiger partial charge in [-0.15, -0.1) is 12.4 Å². The summed E-state index contributed by atoms with van der Waals surface area (Å²) in [5.41, 5.74) is 2.43. The highest BCUT2D eigenvalue weighted by Crippen LogP contribution is 2.12. The number of halogens is 1. The first kappa shape index (κ1) is 13.8. The zero-order valence-corrected chi connectivity index (χ0v) is 10.9. The SMILES string of the molecule is CCCCc1ccc(NC2=NCCO2)cc1.Cl. The Bertz CT molecular complexity index is 362. The van der Waals surface area contributed by atoms with Gasteiger partial charge in [0, 0.05) is 5.69 Å². The van der Waals surface area contributed by atoms with Crippen LogP contribution in [0.1, 0.15) is 25.3 Å². The lowest BCUT2D eigenvalue weighted by atomic mass is 10.1. The molecule has 1 aromatic rings. The minimum Gasteiger partial charge on any atom is -0.463 e. The lowest BCUT2D eigenvalue weighted by molar-refractivity contribution is 0.346. The number of aryl methyl sites for hydroxylation is 1. The molecule has 3 nitrogen and oxygen atoms in total. The van der Waals surface area contributed by atoms with Gasteiger partial charge in [0.1, 0.15) is 6.61 Å². The molecule has 0 spiro atoms. The third kappa shape index (κ3) is 4.27. The van der Waals surface area contributed by atoms with Crippen molar-refractivity contribution < 1.29 is 4.74 Å². The lowest BCUT2D eigenvalue weighted by Crippen LogP contribution is -2.11. The highest BCUT2D eigenvalue weighted by atomic mass is 35.5. The summed E-state index contributed by atoms with van der Waals surface area (Å²) in [6.07, 6.45) is 3.65. The van der Waals surface area contributed by atoms with Gasteiger partial charge in [0.25, 0.3) is 6.02 Å². The van der Waals surface area contributed by atoms with Gasteiger partial charge in [-0.2, -0.15) is 0 Å². The highest BCUT2D eigenvalue weighted by molar-refractivity contribution is 5.89. The quantitative estimate of drug-likeness (QED) is 0.895. The number of nitrogens with zero attached hydrogens (tertiary/aromatic N) is 1. The Kier molecular flexibility index (Phi) is 5.84. The molecule has 0 atom stereocenters. The van der Waals surface area contributed by atoms with Gasteiger partial charge >= 0.3 is 0 Å². The first-order valence-corrected chi connectivity index (χ1v) is 5.91. The average molecular weight is 255 g/mol. The van der Waals surface area contributed by atoms with Crippen LogP contribution >= 0.6 is 12.4 Å². The summed E-state index contributed by atoms with van der Waals surface area (Å²) in [5, 5.41) is 3.15. The Morgan fingerprint density at radius 2 is 2.06 bits per heavy atom. The van der Waals surface area contributed by atoms with Crippen LogP contribution in [0, 0.1) is 0 Å². The molecule has 0 unspecified atom stereocenters. The summed E-state index contributed by atoms with van der Waals surface area (Å²) in [4.78, 5) is 4.19.